The summed E-state index contributed by atoms with van der Waals surface area (Å²) in [6.07, 6.45) is 2.07. The quantitative estimate of drug-likeness (QED) is 0.836. The molecule has 0 aliphatic carbocycles. The number of nitrogens with one attached hydrogen (secondary N) is 1. The van der Waals surface area contributed by atoms with E-state index >= 15 is 0 Å². The van der Waals surface area contributed by atoms with Crippen LogP contribution in [0.15, 0.2) is 53.4 Å². The molecule has 0 atom stereocenters. The Morgan fingerprint density at radius 2 is 1.83 bits per heavy atom. The lowest BCUT2D eigenvalue weighted by atomic mass is 10.2. The number of carbonyl (C=O) groups excluding carboxylic acids is 1. The molecule has 0 unspecified atom stereocenters. The highest BCUT2D eigenvalue weighted by Gasteiger charge is 2.08. The van der Waals surface area contributed by atoms with Crippen LogP contribution in [0.25, 0.3) is 0 Å². The maximum Gasteiger partial charge on any atom is 0.251 e. The van der Waals surface area contributed by atoms with E-state index in [1.807, 2.05) is 13.0 Å². The van der Waals surface area contributed by atoms with E-state index in [0.29, 0.717) is 24.5 Å². The molecule has 0 heterocycles. The summed E-state index contributed by atoms with van der Waals surface area (Å²) < 4.78 is 28.4. The number of ether oxygens (including phenoxy) is 1. The van der Waals surface area contributed by atoms with Crippen LogP contribution in [0.1, 0.15) is 29.3 Å². The van der Waals surface area contributed by atoms with Crippen LogP contribution in [-0.4, -0.2) is 27.2 Å². The number of hydrogen-bond donors (Lipinski definition) is 1. The Kier molecular flexibility index (Phi) is 5.98. The van der Waals surface area contributed by atoms with Gasteiger partial charge in [0.25, 0.3) is 5.91 Å². The minimum Gasteiger partial charge on any atom is -0.494 e. The van der Waals surface area contributed by atoms with E-state index in [4.69, 9.17) is 4.74 Å². The Labute approximate surface area is 142 Å². The minimum atomic E-state index is -3.21. The lowest BCUT2D eigenvalue weighted by Crippen LogP contribution is -2.22. The lowest BCUT2D eigenvalue weighted by Gasteiger charge is -2.08. The smallest absolute Gasteiger partial charge is 0.251 e. The average Bonchev–Trinajstić information content (AvgIpc) is 2.57. The third-order valence-corrected chi connectivity index (χ3v) is 4.50. The number of sulfone groups is 1. The van der Waals surface area contributed by atoms with Gasteiger partial charge in [-0.3, -0.25) is 4.79 Å². The van der Waals surface area contributed by atoms with Gasteiger partial charge in [-0.05, 0) is 42.3 Å². The summed E-state index contributed by atoms with van der Waals surface area (Å²) in [5, 5.41) is 2.81. The largest absolute Gasteiger partial charge is 0.494 e. The van der Waals surface area contributed by atoms with E-state index in [9.17, 15) is 13.2 Å². The van der Waals surface area contributed by atoms with Gasteiger partial charge in [0.15, 0.2) is 9.84 Å². The van der Waals surface area contributed by atoms with Crippen LogP contribution in [0.5, 0.6) is 5.75 Å². The van der Waals surface area contributed by atoms with E-state index in [0.717, 1.165) is 18.2 Å². The number of amides is 1. The van der Waals surface area contributed by atoms with E-state index < -0.39 is 9.84 Å². The summed E-state index contributed by atoms with van der Waals surface area (Å²) in [6, 6.07) is 13.5. The SMILES string of the molecule is CCCOc1cccc(C(=O)NCc2ccc(S(C)(=O)=O)cc2)c1. The highest BCUT2D eigenvalue weighted by Crippen LogP contribution is 2.14. The zero-order valence-electron chi connectivity index (χ0n) is 13.8. The Bertz CT molecular complexity index is 798. The summed E-state index contributed by atoms with van der Waals surface area (Å²) in [5.41, 5.74) is 1.35. The van der Waals surface area contributed by atoms with Crippen molar-refractivity contribution < 1.29 is 17.9 Å². The molecule has 1 amide bonds. The third kappa shape index (κ3) is 5.09. The Morgan fingerprint density at radius 3 is 2.46 bits per heavy atom. The van der Waals surface area contributed by atoms with Gasteiger partial charge in [-0.2, -0.15) is 0 Å². The molecule has 2 aromatic rings. The van der Waals surface area contributed by atoms with E-state index in [2.05, 4.69) is 5.32 Å². The van der Waals surface area contributed by atoms with Gasteiger partial charge < -0.3 is 10.1 Å². The van der Waals surface area contributed by atoms with Gasteiger partial charge in [-0.25, -0.2) is 8.42 Å². The molecule has 6 heteroatoms. The second-order valence-corrected chi connectivity index (χ2v) is 7.49. The molecular formula is C18H21NO4S. The number of benzene rings is 2. The molecule has 1 N–H and O–H groups in total. The monoisotopic (exact) mass is 347 g/mol. The lowest BCUT2D eigenvalue weighted by molar-refractivity contribution is 0.0950. The number of hydrogen-bond acceptors (Lipinski definition) is 4. The fourth-order valence-electron chi connectivity index (χ4n) is 2.09. The molecule has 0 saturated heterocycles. The van der Waals surface area contributed by atoms with Crippen LogP contribution in [-0.2, 0) is 16.4 Å². The second kappa shape index (κ2) is 7.97. The molecule has 24 heavy (non-hydrogen) atoms. The van der Waals surface area contributed by atoms with Gasteiger partial charge in [-0.1, -0.05) is 25.1 Å². The van der Waals surface area contributed by atoms with Crippen LogP contribution in [0, 0.1) is 0 Å². The Hall–Kier alpha value is -2.34. The highest BCUT2D eigenvalue weighted by atomic mass is 32.2. The predicted octanol–water partition coefficient (Wildman–Crippen LogP) is 2.81. The first kappa shape index (κ1) is 18.0. The average molecular weight is 347 g/mol. The molecule has 128 valence electrons. The molecule has 5 nitrogen and oxygen atoms in total. The molecule has 0 aliphatic heterocycles. The van der Waals surface area contributed by atoms with Crippen LogP contribution in [0.3, 0.4) is 0 Å². The molecule has 0 fully saturated rings. The van der Waals surface area contributed by atoms with Crippen molar-refractivity contribution in [3.8, 4) is 5.75 Å². The first-order valence-corrected chi connectivity index (χ1v) is 9.59. The zero-order valence-corrected chi connectivity index (χ0v) is 14.6. The van der Waals surface area contributed by atoms with Crippen LogP contribution in [0.4, 0.5) is 0 Å². The van der Waals surface area contributed by atoms with Crippen molar-refractivity contribution in [2.75, 3.05) is 12.9 Å². The maximum absolute atomic E-state index is 12.2. The van der Waals surface area contributed by atoms with Gasteiger partial charge in [0.1, 0.15) is 5.75 Å². The standard InChI is InChI=1S/C18H21NO4S/c1-3-11-23-16-6-4-5-15(12-16)18(20)19-13-14-7-9-17(10-8-14)24(2,21)22/h4-10,12H,3,11,13H2,1-2H3,(H,19,20). The van der Waals surface area contributed by atoms with Crippen molar-refractivity contribution >= 4 is 15.7 Å². The van der Waals surface area contributed by atoms with Gasteiger partial charge in [-0.15, -0.1) is 0 Å². The van der Waals surface area contributed by atoms with Crippen molar-refractivity contribution in [3.63, 3.8) is 0 Å². The molecule has 0 radical (unpaired) electrons. The number of carbonyl (C=O) groups is 1. The van der Waals surface area contributed by atoms with Crippen molar-refractivity contribution in [3.05, 3.63) is 59.7 Å². The molecular weight excluding hydrogens is 326 g/mol. The van der Waals surface area contributed by atoms with Crippen LogP contribution >= 0.6 is 0 Å². The summed E-state index contributed by atoms with van der Waals surface area (Å²) in [7, 11) is -3.21. The van der Waals surface area contributed by atoms with Gasteiger partial charge in [0.2, 0.25) is 0 Å². The van der Waals surface area contributed by atoms with E-state index in [1.165, 1.54) is 12.1 Å². The van der Waals surface area contributed by atoms with Crippen LogP contribution in [0.2, 0.25) is 0 Å². The van der Waals surface area contributed by atoms with E-state index in [1.54, 1.807) is 30.3 Å². The Balaban J connectivity index is 1.98. The molecule has 0 spiro atoms. The summed E-state index contributed by atoms with van der Waals surface area (Å²) in [4.78, 5) is 12.5. The van der Waals surface area contributed by atoms with E-state index in [-0.39, 0.29) is 10.8 Å². The predicted molar refractivity (Wildman–Crippen MR) is 93.0 cm³/mol. The summed E-state index contributed by atoms with van der Waals surface area (Å²) in [6.45, 7) is 2.95. The minimum absolute atomic E-state index is 0.205. The molecule has 0 aliphatic rings. The van der Waals surface area contributed by atoms with Gasteiger partial charge in [0.05, 0.1) is 11.5 Å². The van der Waals surface area contributed by atoms with Crippen LogP contribution < -0.4 is 10.1 Å². The molecule has 2 rings (SSSR count). The normalized spacial score (nSPS) is 11.1. The van der Waals surface area contributed by atoms with Crippen molar-refractivity contribution in [1.82, 2.24) is 5.32 Å². The fraction of sp³-hybridized carbons (Fsp3) is 0.278. The fourth-order valence-corrected chi connectivity index (χ4v) is 2.72. The third-order valence-electron chi connectivity index (χ3n) is 3.37. The van der Waals surface area contributed by atoms with Crippen molar-refractivity contribution in [2.45, 2.75) is 24.8 Å². The van der Waals surface area contributed by atoms with Crippen molar-refractivity contribution in [2.24, 2.45) is 0 Å². The highest BCUT2D eigenvalue weighted by molar-refractivity contribution is 7.90. The Morgan fingerprint density at radius 1 is 1.12 bits per heavy atom. The summed E-state index contributed by atoms with van der Waals surface area (Å²) >= 11 is 0. The van der Waals surface area contributed by atoms with Gasteiger partial charge >= 0.3 is 0 Å². The first-order valence-electron chi connectivity index (χ1n) is 7.70. The maximum atomic E-state index is 12.2. The molecule has 0 saturated carbocycles. The topological polar surface area (TPSA) is 72.5 Å². The molecule has 2 aromatic carbocycles. The second-order valence-electron chi connectivity index (χ2n) is 5.48. The number of rotatable bonds is 7. The molecule has 0 bridgehead atoms. The summed E-state index contributed by atoms with van der Waals surface area (Å²) in [5.74, 6) is 0.464. The first-order chi connectivity index (χ1) is 11.4. The van der Waals surface area contributed by atoms with Crippen molar-refractivity contribution in [1.29, 1.82) is 0 Å². The molecule has 0 aromatic heterocycles. The van der Waals surface area contributed by atoms with Gasteiger partial charge in [0, 0.05) is 18.4 Å². The zero-order chi connectivity index (χ0) is 17.6.